The number of hydrogen-bond acceptors (Lipinski definition) is 1. The highest BCUT2D eigenvalue weighted by atomic mass is 15.1. The van der Waals surface area contributed by atoms with Gasteiger partial charge in [-0.05, 0) is 37.8 Å². The number of nitrogens with zero attached hydrogens (tertiary/aromatic N) is 1. The zero-order valence-electron chi connectivity index (χ0n) is 10.6. The summed E-state index contributed by atoms with van der Waals surface area (Å²) in [5.74, 6) is 0. The molecule has 0 fully saturated rings. The lowest BCUT2D eigenvalue weighted by molar-refractivity contribution is 0.137. The Morgan fingerprint density at radius 2 is 1.46 bits per heavy atom. The molecule has 1 nitrogen and oxygen atoms in total. The van der Waals surface area contributed by atoms with Crippen molar-refractivity contribution >= 4 is 0 Å². The fourth-order valence-corrected chi connectivity index (χ4v) is 2.34. The lowest BCUT2D eigenvalue weighted by Crippen LogP contribution is -2.34. The Bertz CT molecular complexity index is 144. The lowest BCUT2D eigenvalue weighted by Gasteiger charge is -2.37. The standard InChI is InChI=1S/C12H27N/c1-8-12(5,10-13(6)7)9-11(2,3)4/h8-10H2,1-7H3. The van der Waals surface area contributed by atoms with Crippen molar-refractivity contribution in [3.63, 3.8) is 0 Å². The van der Waals surface area contributed by atoms with Gasteiger partial charge in [0.25, 0.3) is 0 Å². The molecule has 0 spiro atoms. The van der Waals surface area contributed by atoms with Gasteiger partial charge >= 0.3 is 0 Å². The Morgan fingerprint density at radius 1 is 1.00 bits per heavy atom. The van der Waals surface area contributed by atoms with Gasteiger partial charge in [-0.1, -0.05) is 34.6 Å². The third-order valence-corrected chi connectivity index (χ3v) is 2.51. The summed E-state index contributed by atoms with van der Waals surface area (Å²) in [4.78, 5) is 2.30. The van der Waals surface area contributed by atoms with E-state index in [1.165, 1.54) is 19.4 Å². The molecule has 0 bridgehead atoms. The summed E-state index contributed by atoms with van der Waals surface area (Å²) in [7, 11) is 4.33. The van der Waals surface area contributed by atoms with Crippen LogP contribution in [0.3, 0.4) is 0 Å². The Kier molecular flexibility index (Phi) is 4.44. The maximum Gasteiger partial charge on any atom is 0.00293 e. The van der Waals surface area contributed by atoms with Gasteiger partial charge in [0.15, 0.2) is 0 Å². The normalized spacial score (nSPS) is 17.5. The molecule has 0 aromatic carbocycles. The largest absolute Gasteiger partial charge is 0.309 e. The van der Waals surface area contributed by atoms with Gasteiger partial charge in [-0.15, -0.1) is 0 Å². The summed E-state index contributed by atoms with van der Waals surface area (Å²) in [6.07, 6.45) is 2.57. The van der Waals surface area contributed by atoms with Crippen LogP contribution in [0.2, 0.25) is 0 Å². The second kappa shape index (κ2) is 4.45. The molecule has 0 heterocycles. The summed E-state index contributed by atoms with van der Waals surface area (Å²) in [6.45, 7) is 12.9. The van der Waals surface area contributed by atoms with E-state index in [1.807, 2.05) is 0 Å². The highest BCUT2D eigenvalue weighted by Crippen LogP contribution is 2.36. The Hall–Kier alpha value is -0.0400. The first-order valence-corrected chi connectivity index (χ1v) is 5.33. The molecule has 0 aromatic heterocycles. The van der Waals surface area contributed by atoms with E-state index < -0.39 is 0 Å². The highest BCUT2D eigenvalue weighted by molar-refractivity contribution is 4.80. The maximum absolute atomic E-state index is 2.40. The van der Waals surface area contributed by atoms with Crippen LogP contribution in [0.1, 0.15) is 47.5 Å². The van der Waals surface area contributed by atoms with E-state index in [-0.39, 0.29) is 0 Å². The Labute approximate surface area is 84.5 Å². The van der Waals surface area contributed by atoms with Gasteiger partial charge in [0.05, 0.1) is 0 Å². The average molecular weight is 185 g/mol. The van der Waals surface area contributed by atoms with Crippen molar-refractivity contribution in [2.45, 2.75) is 47.5 Å². The number of rotatable bonds is 4. The van der Waals surface area contributed by atoms with Crippen LogP contribution in [-0.2, 0) is 0 Å². The van der Waals surface area contributed by atoms with Gasteiger partial charge < -0.3 is 4.90 Å². The summed E-state index contributed by atoms with van der Waals surface area (Å²) < 4.78 is 0. The van der Waals surface area contributed by atoms with E-state index in [1.54, 1.807) is 0 Å². The van der Waals surface area contributed by atoms with Crippen LogP contribution >= 0.6 is 0 Å². The first kappa shape index (κ1) is 13.0. The van der Waals surface area contributed by atoms with E-state index in [9.17, 15) is 0 Å². The van der Waals surface area contributed by atoms with Crippen molar-refractivity contribution in [2.24, 2.45) is 10.8 Å². The third kappa shape index (κ3) is 6.09. The second-order valence-corrected chi connectivity index (χ2v) is 6.14. The number of hydrogen-bond donors (Lipinski definition) is 0. The van der Waals surface area contributed by atoms with Gasteiger partial charge in [-0.3, -0.25) is 0 Å². The molecule has 13 heavy (non-hydrogen) atoms. The van der Waals surface area contributed by atoms with E-state index in [4.69, 9.17) is 0 Å². The SMILES string of the molecule is CCC(C)(CN(C)C)CC(C)(C)C. The molecule has 0 saturated heterocycles. The minimum atomic E-state index is 0.445. The molecule has 0 aliphatic heterocycles. The van der Waals surface area contributed by atoms with Crippen LogP contribution in [-0.4, -0.2) is 25.5 Å². The van der Waals surface area contributed by atoms with Crippen LogP contribution in [0.5, 0.6) is 0 Å². The first-order valence-electron chi connectivity index (χ1n) is 5.33. The van der Waals surface area contributed by atoms with Crippen molar-refractivity contribution in [3.8, 4) is 0 Å². The first-order chi connectivity index (χ1) is 5.68. The van der Waals surface area contributed by atoms with Crippen LogP contribution < -0.4 is 0 Å². The zero-order chi connectivity index (χ0) is 10.7. The van der Waals surface area contributed by atoms with Gasteiger partial charge in [-0.2, -0.15) is 0 Å². The second-order valence-electron chi connectivity index (χ2n) is 6.14. The minimum absolute atomic E-state index is 0.445. The van der Waals surface area contributed by atoms with Crippen molar-refractivity contribution in [2.75, 3.05) is 20.6 Å². The Balaban J connectivity index is 4.28. The van der Waals surface area contributed by atoms with E-state index in [2.05, 4.69) is 53.6 Å². The zero-order valence-corrected chi connectivity index (χ0v) is 10.6. The molecule has 0 rings (SSSR count). The third-order valence-electron chi connectivity index (χ3n) is 2.51. The molecule has 0 N–H and O–H groups in total. The van der Waals surface area contributed by atoms with Crippen LogP contribution in [0.15, 0.2) is 0 Å². The van der Waals surface area contributed by atoms with Crippen molar-refractivity contribution < 1.29 is 0 Å². The summed E-state index contributed by atoms with van der Waals surface area (Å²) in [5.41, 5.74) is 0.919. The van der Waals surface area contributed by atoms with Crippen LogP contribution in [0.25, 0.3) is 0 Å². The summed E-state index contributed by atoms with van der Waals surface area (Å²) in [6, 6.07) is 0. The highest BCUT2D eigenvalue weighted by Gasteiger charge is 2.28. The molecular weight excluding hydrogens is 158 g/mol. The minimum Gasteiger partial charge on any atom is -0.309 e. The monoisotopic (exact) mass is 185 g/mol. The van der Waals surface area contributed by atoms with E-state index >= 15 is 0 Å². The van der Waals surface area contributed by atoms with Gasteiger partial charge in [-0.25, -0.2) is 0 Å². The van der Waals surface area contributed by atoms with Crippen molar-refractivity contribution in [1.29, 1.82) is 0 Å². The smallest absolute Gasteiger partial charge is 0.00293 e. The maximum atomic E-state index is 2.40. The molecule has 0 aromatic rings. The predicted molar refractivity (Wildman–Crippen MR) is 61.0 cm³/mol. The van der Waals surface area contributed by atoms with Gasteiger partial charge in [0, 0.05) is 6.54 Å². The lowest BCUT2D eigenvalue weighted by atomic mass is 9.73. The molecule has 0 saturated carbocycles. The molecule has 0 amide bonds. The fourth-order valence-electron chi connectivity index (χ4n) is 2.34. The molecule has 1 atom stereocenters. The quantitative estimate of drug-likeness (QED) is 0.649. The molecule has 80 valence electrons. The fraction of sp³-hybridized carbons (Fsp3) is 1.00. The van der Waals surface area contributed by atoms with Crippen LogP contribution in [0, 0.1) is 10.8 Å². The van der Waals surface area contributed by atoms with E-state index in [0.29, 0.717) is 10.8 Å². The molecule has 0 aliphatic rings. The summed E-state index contributed by atoms with van der Waals surface area (Å²) >= 11 is 0. The molecule has 1 heteroatoms. The van der Waals surface area contributed by atoms with Gasteiger partial charge in [0.2, 0.25) is 0 Å². The van der Waals surface area contributed by atoms with Crippen molar-refractivity contribution in [1.82, 2.24) is 4.90 Å². The summed E-state index contributed by atoms with van der Waals surface area (Å²) in [5, 5.41) is 0. The van der Waals surface area contributed by atoms with Crippen LogP contribution in [0.4, 0.5) is 0 Å². The average Bonchev–Trinajstić information content (AvgIpc) is 1.81. The molecular formula is C12H27N. The topological polar surface area (TPSA) is 3.24 Å². The molecule has 0 radical (unpaired) electrons. The molecule has 1 unspecified atom stereocenters. The van der Waals surface area contributed by atoms with Crippen molar-refractivity contribution in [3.05, 3.63) is 0 Å². The molecule has 0 aliphatic carbocycles. The van der Waals surface area contributed by atoms with E-state index in [0.717, 1.165) is 0 Å². The predicted octanol–water partition coefficient (Wildman–Crippen LogP) is 3.40. The van der Waals surface area contributed by atoms with Gasteiger partial charge in [0.1, 0.15) is 0 Å². The Morgan fingerprint density at radius 3 is 1.69 bits per heavy atom.